The van der Waals surface area contributed by atoms with Crippen molar-refractivity contribution in [1.82, 2.24) is 9.38 Å². The third-order valence-corrected chi connectivity index (χ3v) is 3.68. The Balaban J connectivity index is 1.83. The zero-order valence-electron chi connectivity index (χ0n) is 12.3. The number of nitrogens with zero attached hydrogens (tertiary/aromatic N) is 3. The van der Waals surface area contributed by atoms with Gasteiger partial charge in [-0.1, -0.05) is 17.7 Å². The fourth-order valence-electron chi connectivity index (χ4n) is 2.26. The lowest BCUT2D eigenvalue weighted by atomic mass is 9.98. The molecule has 0 bridgehead atoms. The quantitative estimate of drug-likeness (QED) is 0.585. The monoisotopic (exact) mass is 338 g/mol. The van der Waals surface area contributed by atoms with Crippen LogP contribution in [0.5, 0.6) is 0 Å². The van der Waals surface area contributed by atoms with Gasteiger partial charge in [0.15, 0.2) is 11.7 Å². The second-order valence-corrected chi connectivity index (χ2v) is 5.50. The fraction of sp³-hybridized carbons (Fsp3) is 0.0588. The number of nitrogens with one attached hydrogen (secondary N) is 1. The van der Waals surface area contributed by atoms with Crippen LogP contribution < -0.4 is 5.32 Å². The van der Waals surface area contributed by atoms with Gasteiger partial charge in [0.2, 0.25) is 5.91 Å². The maximum absolute atomic E-state index is 12.5. The van der Waals surface area contributed by atoms with Crippen LogP contribution in [0, 0.1) is 17.2 Å². The summed E-state index contributed by atoms with van der Waals surface area (Å²) < 4.78 is 1.73. The third kappa shape index (κ3) is 3.12. The summed E-state index contributed by atoms with van der Waals surface area (Å²) in [4.78, 5) is 28.7. The van der Waals surface area contributed by atoms with E-state index in [4.69, 9.17) is 11.6 Å². The highest BCUT2D eigenvalue weighted by molar-refractivity contribution is 6.31. The number of imidazole rings is 1. The van der Waals surface area contributed by atoms with E-state index in [-0.39, 0.29) is 5.56 Å². The topological polar surface area (TPSA) is 87.3 Å². The second kappa shape index (κ2) is 6.52. The maximum atomic E-state index is 12.5. The molecular formula is C17H11ClN4O2. The number of anilines is 1. The molecule has 0 saturated heterocycles. The molecule has 6 nitrogen and oxygen atoms in total. The summed E-state index contributed by atoms with van der Waals surface area (Å²) >= 11 is 5.85. The molecule has 3 aromatic rings. The van der Waals surface area contributed by atoms with Gasteiger partial charge in [0.05, 0.1) is 24.1 Å². The van der Waals surface area contributed by atoms with E-state index in [9.17, 15) is 14.9 Å². The Labute approximate surface area is 142 Å². The Bertz CT molecular complexity index is 974. The number of rotatable bonds is 4. The van der Waals surface area contributed by atoms with Gasteiger partial charge < -0.3 is 9.72 Å². The number of carbonyl (C=O) groups is 2. The molecule has 0 aliphatic rings. The molecule has 0 radical (unpaired) electrons. The van der Waals surface area contributed by atoms with Crippen LogP contribution in [0.1, 0.15) is 10.4 Å². The average Bonchev–Trinajstić information content (AvgIpc) is 3.03. The Morgan fingerprint density at radius 1 is 1.29 bits per heavy atom. The highest BCUT2D eigenvalue weighted by Crippen LogP contribution is 2.17. The van der Waals surface area contributed by atoms with Gasteiger partial charge in [0.25, 0.3) is 0 Å². The van der Waals surface area contributed by atoms with Crippen LogP contribution in [0.25, 0.3) is 5.52 Å². The van der Waals surface area contributed by atoms with Gasteiger partial charge in [-0.2, -0.15) is 5.26 Å². The van der Waals surface area contributed by atoms with Gasteiger partial charge in [-0.25, -0.2) is 4.98 Å². The van der Waals surface area contributed by atoms with Crippen LogP contribution in [-0.4, -0.2) is 21.1 Å². The minimum atomic E-state index is -1.45. The van der Waals surface area contributed by atoms with E-state index in [2.05, 4.69) is 10.3 Å². The van der Waals surface area contributed by atoms with E-state index in [1.54, 1.807) is 59.5 Å². The van der Waals surface area contributed by atoms with Crippen LogP contribution >= 0.6 is 11.6 Å². The molecule has 0 aliphatic heterocycles. The molecular weight excluding hydrogens is 328 g/mol. The number of ketones is 1. The van der Waals surface area contributed by atoms with E-state index in [0.29, 0.717) is 16.2 Å². The lowest BCUT2D eigenvalue weighted by Gasteiger charge is -2.10. The van der Waals surface area contributed by atoms with Crippen molar-refractivity contribution < 1.29 is 9.59 Å². The van der Waals surface area contributed by atoms with E-state index >= 15 is 0 Å². The molecule has 2 aromatic heterocycles. The number of aromatic nitrogens is 2. The molecule has 24 heavy (non-hydrogen) atoms. The van der Waals surface area contributed by atoms with E-state index in [0.717, 1.165) is 0 Å². The third-order valence-electron chi connectivity index (χ3n) is 3.44. The SMILES string of the molecule is N#C[C@H](C(=O)Nc1cccc(Cl)c1)C(=O)c1ccn2cncc2c1. The first kappa shape index (κ1) is 15.7. The van der Waals surface area contributed by atoms with Crippen LogP contribution in [-0.2, 0) is 4.79 Å². The van der Waals surface area contributed by atoms with Gasteiger partial charge in [-0.05, 0) is 30.3 Å². The molecule has 0 spiro atoms. The highest BCUT2D eigenvalue weighted by atomic mass is 35.5. The predicted molar refractivity (Wildman–Crippen MR) is 88.7 cm³/mol. The number of Topliss-reactive ketones (excluding diaryl/α,β-unsaturated/α-hetero) is 1. The van der Waals surface area contributed by atoms with Crippen molar-refractivity contribution in [2.45, 2.75) is 0 Å². The summed E-state index contributed by atoms with van der Waals surface area (Å²) in [6.45, 7) is 0. The fourth-order valence-corrected chi connectivity index (χ4v) is 2.45. The van der Waals surface area contributed by atoms with Gasteiger partial charge in [-0.15, -0.1) is 0 Å². The molecule has 1 N–H and O–H groups in total. The van der Waals surface area contributed by atoms with Crippen molar-refractivity contribution >= 4 is 34.5 Å². The highest BCUT2D eigenvalue weighted by Gasteiger charge is 2.28. The molecule has 0 fully saturated rings. The van der Waals surface area contributed by atoms with Crippen molar-refractivity contribution in [3.63, 3.8) is 0 Å². The van der Waals surface area contributed by atoms with Crippen LogP contribution in [0.4, 0.5) is 5.69 Å². The molecule has 7 heteroatoms. The number of benzene rings is 1. The first-order chi connectivity index (χ1) is 11.6. The lowest BCUT2D eigenvalue weighted by molar-refractivity contribution is -0.117. The van der Waals surface area contributed by atoms with E-state index in [1.807, 2.05) is 0 Å². The summed E-state index contributed by atoms with van der Waals surface area (Å²) in [7, 11) is 0. The molecule has 0 saturated carbocycles. The smallest absolute Gasteiger partial charge is 0.249 e. The molecule has 2 heterocycles. The number of hydrogen-bond donors (Lipinski definition) is 1. The van der Waals surface area contributed by atoms with Gasteiger partial charge in [-0.3, -0.25) is 9.59 Å². The Hall–Kier alpha value is -3.17. The molecule has 0 unspecified atom stereocenters. The van der Waals surface area contributed by atoms with Crippen LogP contribution in [0.15, 0.2) is 55.1 Å². The number of halogens is 1. The molecule has 3 rings (SSSR count). The van der Waals surface area contributed by atoms with Crippen molar-refractivity contribution in [2.75, 3.05) is 5.32 Å². The summed E-state index contributed by atoms with van der Waals surface area (Å²) in [5.74, 6) is -2.71. The summed E-state index contributed by atoms with van der Waals surface area (Å²) in [5, 5.41) is 12.2. The van der Waals surface area contributed by atoms with Crippen molar-refractivity contribution in [1.29, 1.82) is 5.26 Å². The second-order valence-electron chi connectivity index (χ2n) is 5.07. The zero-order valence-corrected chi connectivity index (χ0v) is 13.1. The van der Waals surface area contributed by atoms with Gasteiger partial charge in [0.1, 0.15) is 0 Å². The molecule has 1 aromatic carbocycles. The average molecular weight is 339 g/mol. The lowest BCUT2D eigenvalue weighted by Crippen LogP contribution is -2.28. The number of pyridine rings is 1. The first-order valence-corrected chi connectivity index (χ1v) is 7.38. The van der Waals surface area contributed by atoms with E-state index in [1.165, 1.54) is 6.07 Å². The standard InChI is InChI=1S/C17H11ClN4O2/c18-12-2-1-3-13(7-12)21-17(24)15(8-19)16(23)11-4-5-22-10-20-9-14(22)6-11/h1-7,9-10,15H,(H,21,24)/t15-/m0/s1. The number of amides is 1. The Morgan fingerprint density at radius 3 is 2.88 bits per heavy atom. The number of hydrogen-bond acceptors (Lipinski definition) is 4. The molecule has 0 aliphatic carbocycles. The summed E-state index contributed by atoms with van der Waals surface area (Å²) in [6, 6.07) is 11.4. The number of nitriles is 1. The molecule has 118 valence electrons. The van der Waals surface area contributed by atoms with Gasteiger partial charge >= 0.3 is 0 Å². The predicted octanol–water partition coefficient (Wildman–Crippen LogP) is 2.95. The summed E-state index contributed by atoms with van der Waals surface area (Å²) in [5.41, 5.74) is 1.40. The minimum Gasteiger partial charge on any atom is -0.324 e. The van der Waals surface area contributed by atoms with Crippen molar-refractivity contribution in [3.05, 3.63) is 65.7 Å². The number of fused-ring (bicyclic) bond motifs is 1. The Kier molecular flexibility index (Phi) is 4.27. The van der Waals surface area contributed by atoms with Crippen molar-refractivity contribution in [3.8, 4) is 6.07 Å². The molecule has 1 atom stereocenters. The van der Waals surface area contributed by atoms with Crippen molar-refractivity contribution in [2.24, 2.45) is 5.92 Å². The van der Waals surface area contributed by atoms with Crippen LogP contribution in [0.2, 0.25) is 5.02 Å². The first-order valence-electron chi connectivity index (χ1n) is 7.00. The Morgan fingerprint density at radius 2 is 2.12 bits per heavy atom. The maximum Gasteiger partial charge on any atom is 0.249 e. The normalized spacial score (nSPS) is 11.7. The number of carbonyl (C=O) groups excluding carboxylic acids is 2. The minimum absolute atomic E-state index is 0.274. The van der Waals surface area contributed by atoms with Gasteiger partial charge in [0, 0.05) is 22.5 Å². The largest absolute Gasteiger partial charge is 0.324 e. The zero-order chi connectivity index (χ0) is 17.1. The summed E-state index contributed by atoms with van der Waals surface area (Å²) in [6.07, 6.45) is 4.83. The van der Waals surface area contributed by atoms with E-state index < -0.39 is 17.6 Å². The molecule has 1 amide bonds. The van der Waals surface area contributed by atoms with Crippen LogP contribution in [0.3, 0.4) is 0 Å².